The van der Waals surface area contributed by atoms with E-state index in [-0.39, 0.29) is 0 Å². The molecule has 1 unspecified atom stereocenters. The summed E-state index contributed by atoms with van der Waals surface area (Å²) in [7, 11) is 0. The fourth-order valence-corrected chi connectivity index (χ4v) is 2.39. The Labute approximate surface area is 129 Å². The molecule has 0 spiro atoms. The van der Waals surface area contributed by atoms with Crippen molar-refractivity contribution in [3.63, 3.8) is 0 Å². The Hall–Kier alpha value is -1.03. The molecular formula is C15H19Cl2N3. The summed E-state index contributed by atoms with van der Waals surface area (Å²) in [4.78, 5) is 0. The third-order valence-electron chi connectivity index (χ3n) is 3.22. The van der Waals surface area contributed by atoms with Crippen molar-refractivity contribution in [1.82, 2.24) is 15.1 Å². The van der Waals surface area contributed by atoms with Gasteiger partial charge in [0, 0.05) is 17.8 Å². The minimum absolute atomic E-state index is 0.304. The Kier molecular flexibility index (Phi) is 5.46. The van der Waals surface area contributed by atoms with E-state index in [4.69, 9.17) is 23.2 Å². The number of benzene rings is 1. The first-order chi connectivity index (χ1) is 9.61. The van der Waals surface area contributed by atoms with Gasteiger partial charge in [0.2, 0.25) is 0 Å². The second-order valence-electron chi connectivity index (χ2n) is 4.86. The maximum atomic E-state index is 6.20. The summed E-state index contributed by atoms with van der Waals surface area (Å²) in [5.41, 5.74) is 2.15. The fraction of sp³-hybridized carbons (Fsp3) is 0.400. The summed E-state index contributed by atoms with van der Waals surface area (Å²) in [6, 6.07) is 5.96. The average Bonchev–Trinajstić information content (AvgIpc) is 2.90. The lowest BCUT2D eigenvalue weighted by molar-refractivity contribution is 0.569. The second-order valence-corrected chi connectivity index (χ2v) is 5.65. The van der Waals surface area contributed by atoms with Gasteiger partial charge in [-0.25, -0.2) is 0 Å². The summed E-state index contributed by atoms with van der Waals surface area (Å²) in [6.45, 7) is 5.93. The monoisotopic (exact) mass is 311 g/mol. The molecule has 2 aromatic rings. The molecule has 0 radical (unpaired) electrons. The van der Waals surface area contributed by atoms with Crippen LogP contribution in [-0.2, 0) is 6.54 Å². The minimum atomic E-state index is 0.304. The Bertz CT molecular complexity index is 566. The zero-order valence-electron chi connectivity index (χ0n) is 11.7. The highest BCUT2D eigenvalue weighted by Crippen LogP contribution is 2.26. The van der Waals surface area contributed by atoms with Gasteiger partial charge in [-0.1, -0.05) is 42.3 Å². The quantitative estimate of drug-likeness (QED) is 0.862. The Balaban J connectivity index is 2.07. The largest absolute Gasteiger partial charge is 0.310 e. The number of halogens is 2. The number of aromatic nitrogens is 2. The van der Waals surface area contributed by atoms with E-state index in [1.807, 2.05) is 29.2 Å². The van der Waals surface area contributed by atoms with Crippen LogP contribution in [0.1, 0.15) is 37.4 Å². The molecule has 1 N–H and O–H groups in total. The van der Waals surface area contributed by atoms with E-state index in [9.17, 15) is 0 Å². The SMILES string of the molecule is CCCNC(C)c1cnn(Cc2cccc(Cl)c2Cl)c1. The van der Waals surface area contributed by atoms with Crippen LogP contribution >= 0.6 is 23.2 Å². The molecule has 3 nitrogen and oxygen atoms in total. The van der Waals surface area contributed by atoms with Crippen molar-refractivity contribution in [1.29, 1.82) is 0 Å². The topological polar surface area (TPSA) is 29.9 Å². The van der Waals surface area contributed by atoms with Gasteiger partial charge in [-0.15, -0.1) is 0 Å². The molecule has 0 bridgehead atoms. The highest BCUT2D eigenvalue weighted by atomic mass is 35.5. The molecule has 5 heteroatoms. The van der Waals surface area contributed by atoms with Crippen LogP contribution < -0.4 is 5.32 Å². The van der Waals surface area contributed by atoms with Crippen molar-refractivity contribution in [2.24, 2.45) is 0 Å². The molecule has 1 heterocycles. The molecule has 0 saturated heterocycles. The van der Waals surface area contributed by atoms with Crippen LogP contribution in [0.15, 0.2) is 30.6 Å². The van der Waals surface area contributed by atoms with E-state index in [2.05, 4.69) is 24.3 Å². The van der Waals surface area contributed by atoms with Crippen LogP contribution in [0.25, 0.3) is 0 Å². The van der Waals surface area contributed by atoms with Crippen molar-refractivity contribution < 1.29 is 0 Å². The molecule has 2 rings (SSSR count). The minimum Gasteiger partial charge on any atom is -0.310 e. The van der Waals surface area contributed by atoms with Crippen molar-refractivity contribution in [3.05, 3.63) is 51.8 Å². The van der Waals surface area contributed by atoms with Gasteiger partial charge in [0.15, 0.2) is 0 Å². The van der Waals surface area contributed by atoms with Crippen molar-refractivity contribution >= 4 is 23.2 Å². The molecule has 0 aliphatic rings. The number of hydrogen-bond acceptors (Lipinski definition) is 2. The molecule has 1 aromatic carbocycles. The van der Waals surface area contributed by atoms with Gasteiger partial charge in [0.25, 0.3) is 0 Å². The summed E-state index contributed by atoms with van der Waals surface area (Å²) in [5, 5.41) is 9.01. The van der Waals surface area contributed by atoms with Gasteiger partial charge in [-0.2, -0.15) is 5.10 Å². The fourth-order valence-electron chi connectivity index (χ4n) is 2.01. The molecule has 1 aromatic heterocycles. The molecule has 1 atom stereocenters. The Morgan fingerprint density at radius 3 is 2.90 bits per heavy atom. The molecule has 0 aliphatic heterocycles. The summed E-state index contributed by atoms with van der Waals surface area (Å²) in [5.74, 6) is 0. The average molecular weight is 312 g/mol. The van der Waals surface area contributed by atoms with Gasteiger partial charge in [0.05, 0.1) is 22.8 Å². The Morgan fingerprint density at radius 2 is 2.15 bits per heavy atom. The van der Waals surface area contributed by atoms with Gasteiger partial charge in [-0.3, -0.25) is 4.68 Å². The van der Waals surface area contributed by atoms with Crippen LogP contribution in [0.3, 0.4) is 0 Å². The van der Waals surface area contributed by atoms with E-state index in [0.717, 1.165) is 18.5 Å². The Morgan fingerprint density at radius 1 is 1.35 bits per heavy atom. The normalized spacial score (nSPS) is 12.6. The van der Waals surface area contributed by atoms with E-state index in [1.165, 1.54) is 5.56 Å². The molecular weight excluding hydrogens is 293 g/mol. The van der Waals surface area contributed by atoms with Gasteiger partial charge in [0.1, 0.15) is 0 Å². The lowest BCUT2D eigenvalue weighted by Gasteiger charge is -2.10. The molecule has 0 amide bonds. The highest BCUT2D eigenvalue weighted by molar-refractivity contribution is 6.42. The van der Waals surface area contributed by atoms with E-state index < -0.39 is 0 Å². The molecule has 0 fully saturated rings. The number of nitrogens with one attached hydrogen (secondary N) is 1. The molecule has 20 heavy (non-hydrogen) atoms. The molecule has 0 aliphatic carbocycles. The lowest BCUT2D eigenvalue weighted by atomic mass is 10.2. The van der Waals surface area contributed by atoms with Crippen LogP contribution in [-0.4, -0.2) is 16.3 Å². The lowest BCUT2D eigenvalue weighted by Crippen LogP contribution is -2.18. The van der Waals surface area contributed by atoms with Crippen molar-refractivity contribution in [3.8, 4) is 0 Å². The van der Waals surface area contributed by atoms with Gasteiger partial charge in [-0.05, 0) is 31.5 Å². The highest BCUT2D eigenvalue weighted by Gasteiger charge is 2.09. The van der Waals surface area contributed by atoms with E-state index >= 15 is 0 Å². The maximum Gasteiger partial charge on any atom is 0.0674 e. The molecule has 108 valence electrons. The zero-order valence-corrected chi connectivity index (χ0v) is 13.2. The van der Waals surface area contributed by atoms with E-state index in [1.54, 1.807) is 6.07 Å². The summed E-state index contributed by atoms with van der Waals surface area (Å²) in [6.07, 6.45) is 5.06. The van der Waals surface area contributed by atoms with Gasteiger partial charge < -0.3 is 5.32 Å². The van der Waals surface area contributed by atoms with Gasteiger partial charge >= 0.3 is 0 Å². The van der Waals surface area contributed by atoms with Crippen molar-refractivity contribution in [2.75, 3.05) is 6.54 Å². The first-order valence-corrected chi connectivity index (χ1v) is 7.56. The second kappa shape index (κ2) is 7.11. The van der Waals surface area contributed by atoms with Crippen LogP contribution in [0.2, 0.25) is 10.0 Å². The standard InChI is InChI=1S/C15H19Cl2N3/c1-3-7-18-11(2)13-8-19-20(10-13)9-12-5-4-6-14(16)15(12)17/h4-6,8,10-11,18H,3,7,9H2,1-2H3. The van der Waals surface area contributed by atoms with Crippen LogP contribution in [0, 0.1) is 0 Å². The molecule has 0 saturated carbocycles. The smallest absolute Gasteiger partial charge is 0.0674 e. The number of nitrogens with zero attached hydrogens (tertiary/aromatic N) is 2. The van der Waals surface area contributed by atoms with Crippen LogP contribution in [0.5, 0.6) is 0 Å². The van der Waals surface area contributed by atoms with Crippen molar-refractivity contribution in [2.45, 2.75) is 32.9 Å². The third-order valence-corrected chi connectivity index (χ3v) is 4.08. The van der Waals surface area contributed by atoms with Crippen LogP contribution in [0.4, 0.5) is 0 Å². The zero-order chi connectivity index (χ0) is 14.5. The number of rotatable bonds is 6. The van der Waals surface area contributed by atoms with E-state index in [0.29, 0.717) is 22.6 Å². The first kappa shape index (κ1) is 15.4. The predicted octanol–water partition coefficient (Wildman–Crippen LogP) is 4.30. The maximum absolute atomic E-state index is 6.20. The number of hydrogen-bond donors (Lipinski definition) is 1. The summed E-state index contributed by atoms with van der Waals surface area (Å²) < 4.78 is 1.89. The summed E-state index contributed by atoms with van der Waals surface area (Å²) >= 11 is 12.2. The third kappa shape index (κ3) is 3.75. The first-order valence-electron chi connectivity index (χ1n) is 6.80. The predicted molar refractivity (Wildman–Crippen MR) is 84.5 cm³/mol.